The largest absolute Gasteiger partial charge is 0.312 e. The van der Waals surface area contributed by atoms with Crippen LogP contribution in [0.4, 0.5) is 10.1 Å². The second-order valence-electron chi connectivity index (χ2n) is 7.37. The molecule has 7 heteroatoms. The quantitative estimate of drug-likeness (QED) is 0.497. The first-order valence-corrected chi connectivity index (χ1v) is 9.21. The molecular formula is C21H21FN4O2. The van der Waals surface area contributed by atoms with E-state index >= 15 is 0 Å². The van der Waals surface area contributed by atoms with E-state index < -0.39 is 4.92 Å². The van der Waals surface area contributed by atoms with Gasteiger partial charge < -0.3 is 5.32 Å². The lowest BCUT2D eigenvalue weighted by Crippen LogP contribution is -2.26. The van der Waals surface area contributed by atoms with Crippen molar-refractivity contribution in [1.82, 2.24) is 15.1 Å². The van der Waals surface area contributed by atoms with E-state index in [4.69, 9.17) is 0 Å². The van der Waals surface area contributed by atoms with Gasteiger partial charge in [0.15, 0.2) is 0 Å². The molecule has 1 aliphatic rings. The molecule has 0 atom stereocenters. The average molecular weight is 380 g/mol. The highest BCUT2D eigenvalue weighted by Gasteiger charge is 2.43. The van der Waals surface area contributed by atoms with Gasteiger partial charge in [-0.3, -0.25) is 14.8 Å². The predicted octanol–water partition coefficient (Wildman–Crippen LogP) is 3.96. The van der Waals surface area contributed by atoms with Crippen molar-refractivity contribution in [2.45, 2.75) is 24.8 Å². The summed E-state index contributed by atoms with van der Waals surface area (Å²) in [6, 6.07) is 13.2. The van der Waals surface area contributed by atoms with Crippen molar-refractivity contribution in [3.8, 4) is 11.3 Å². The molecule has 3 aromatic rings. The molecule has 1 heterocycles. The number of aryl methyl sites for hydroxylation is 1. The summed E-state index contributed by atoms with van der Waals surface area (Å²) in [5, 5.41) is 18.9. The summed E-state index contributed by atoms with van der Waals surface area (Å²) in [7, 11) is 1.86. The third kappa shape index (κ3) is 3.66. The highest BCUT2D eigenvalue weighted by molar-refractivity contribution is 5.64. The molecule has 0 unspecified atom stereocenters. The van der Waals surface area contributed by atoms with Crippen LogP contribution in [0.25, 0.3) is 11.3 Å². The average Bonchev–Trinajstić information content (AvgIpc) is 3.38. The van der Waals surface area contributed by atoms with Gasteiger partial charge in [0, 0.05) is 55.0 Å². The Morgan fingerprint density at radius 1 is 1.18 bits per heavy atom. The Morgan fingerprint density at radius 3 is 2.46 bits per heavy atom. The van der Waals surface area contributed by atoms with E-state index in [0.29, 0.717) is 6.54 Å². The fraction of sp³-hybridized carbons (Fsp3) is 0.286. The maximum Gasteiger partial charge on any atom is 0.269 e. The summed E-state index contributed by atoms with van der Waals surface area (Å²) >= 11 is 0. The second kappa shape index (κ2) is 7.16. The van der Waals surface area contributed by atoms with Gasteiger partial charge in [0.05, 0.1) is 10.6 Å². The zero-order chi connectivity index (χ0) is 19.7. The van der Waals surface area contributed by atoms with Gasteiger partial charge in [-0.25, -0.2) is 4.39 Å². The van der Waals surface area contributed by atoms with Gasteiger partial charge in [0.1, 0.15) is 5.82 Å². The number of aromatic nitrogens is 2. The van der Waals surface area contributed by atoms with Crippen LogP contribution in [0.1, 0.15) is 24.0 Å². The van der Waals surface area contributed by atoms with Crippen molar-refractivity contribution < 1.29 is 9.31 Å². The summed E-state index contributed by atoms with van der Waals surface area (Å²) in [6.07, 6.45) is 4.14. The van der Waals surface area contributed by atoms with E-state index in [1.54, 1.807) is 16.8 Å². The first-order valence-electron chi connectivity index (χ1n) is 9.21. The predicted molar refractivity (Wildman–Crippen MR) is 104 cm³/mol. The van der Waals surface area contributed by atoms with Crippen LogP contribution in [0.2, 0.25) is 0 Å². The van der Waals surface area contributed by atoms with Gasteiger partial charge in [-0.05, 0) is 42.7 Å². The minimum absolute atomic E-state index is 0.0642. The number of benzene rings is 2. The van der Waals surface area contributed by atoms with Crippen LogP contribution in [0.3, 0.4) is 0 Å². The Bertz CT molecular complexity index is 992. The standard InChI is InChI=1S/C21H21FN4O2/c1-25-13-16(20(24-25)15-2-8-19(9-3-15)26(27)28)12-23-14-21(10-11-21)17-4-6-18(22)7-5-17/h2-9,13,23H,10-12,14H2,1H3. The molecule has 6 nitrogen and oxygen atoms in total. The van der Waals surface area contributed by atoms with Gasteiger partial charge in [-0.1, -0.05) is 12.1 Å². The molecule has 1 N–H and O–H groups in total. The normalized spacial score (nSPS) is 14.8. The summed E-state index contributed by atoms with van der Waals surface area (Å²) in [5.41, 5.74) is 4.02. The smallest absolute Gasteiger partial charge is 0.269 e. The zero-order valence-corrected chi connectivity index (χ0v) is 15.6. The maximum atomic E-state index is 13.2. The summed E-state index contributed by atoms with van der Waals surface area (Å²) < 4.78 is 14.9. The number of nitrogens with one attached hydrogen (secondary N) is 1. The topological polar surface area (TPSA) is 73.0 Å². The Labute approximate surface area is 162 Å². The van der Waals surface area contributed by atoms with Gasteiger partial charge in [-0.15, -0.1) is 0 Å². The SMILES string of the molecule is Cn1cc(CNCC2(c3ccc(F)cc3)CC2)c(-c2ccc([N+](=O)[O-])cc2)n1. The van der Waals surface area contributed by atoms with E-state index in [-0.39, 0.29) is 16.9 Å². The second-order valence-corrected chi connectivity index (χ2v) is 7.37. The number of nitro benzene ring substituents is 1. The summed E-state index contributed by atoms with van der Waals surface area (Å²) in [6.45, 7) is 1.45. The monoisotopic (exact) mass is 380 g/mol. The molecule has 144 valence electrons. The van der Waals surface area contributed by atoms with Crippen molar-refractivity contribution >= 4 is 5.69 Å². The molecular weight excluding hydrogens is 359 g/mol. The van der Waals surface area contributed by atoms with Crippen LogP contribution in [-0.4, -0.2) is 21.2 Å². The first-order chi connectivity index (χ1) is 13.5. The number of halogens is 1. The fourth-order valence-corrected chi connectivity index (χ4v) is 3.61. The van der Waals surface area contributed by atoms with Crippen LogP contribution < -0.4 is 5.32 Å². The third-order valence-electron chi connectivity index (χ3n) is 5.35. The summed E-state index contributed by atoms with van der Waals surface area (Å²) in [4.78, 5) is 10.4. The van der Waals surface area contributed by atoms with Crippen LogP contribution in [0, 0.1) is 15.9 Å². The lowest BCUT2D eigenvalue weighted by Gasteiger charge is -2.16. The van der Waals surface area contributed by atoms with Crippen LogP contribution in [-0.2, 0) is 19.0 Å². The van der Waals surface area contributed by atoms with Crippen LogP contribution in [0.15, 0.2) is 54.7 Å². The highest BCUT2D eigenvalue weighted by Crippen LogP contribution is 2.47. The molecule has 1 aromatic heterocycles. The van der Waals surface area contributed by atoms with E-state index in [9.17, 15) is 14.5 Å². The molecule has 0 aliphatic heterocycles. The minimum atomic E-state index is -0.408. The van der Waals surface area contributed by atoms with Crippen LogP contribution >= 0.6 is 0 Å². The van der Waals surface area contributed by atoms with E-state index in [2.05, 4.69) is 10.4 Å². The third-order valence-corrected chi connectivity index (χ3v) is 5.35. The number of hydrogen-bond donors (Lipinski definition) is 1. The fourth-order valence-electron chi connectivity index (χ4n) is 3.61. The van der Waals surface area contributed by atoms with Gasteiger partial charge in [-0.2, -0.15) is 5.10 Å². The number of nitrogens with zero attached hydrogens (tertiary/aromatic N) is 3. The van der Waals surface area contributed by atoms with Crippen LogP contribution in [0.5, 0.6) is 0 Å². The molecule has 4 rings (SSSR count). The molecule has 0 spiro atoms. The molecule has 2 aromatic carbocycles. The van der Waals surface area contributed by atoms with Gasteiger partial charge in [0.2, 0.25) is 0 Å². The Kier molecular flexibility index (Phi) is 4.68. The number of rotatable bonds is 7. The minimum Gasteiger partial charge on any atom is -0.312 e. The Balaban J connectivity index is 1.46. The first kappa shape index (κ1) is 18.3. The van der Waals surface area contributed by atoms with Crippen molar-refractivity contribution in [3.63, 3.8) is 0 Å². The molecule has 0 saturated heterocycles. The molecule has 1 saturated carbocycles. The molecule has 1 aliphatic carbocycles. The molecule has 0 bridgehead atoms. The lowest BCUT2D eigenvalue weighted by atomic mass is 9.96. The Morgan fingerprint density at radius 2 is 1.86 bits per heavy atom. The molecule has 0 radical (unpaired) electrons. The van der Waals surface area contributed by atoms with Crippen molar-refractivity contribution in [2.75, 3.05) is 6.54 Å². The van der Waals surface area contributed by atoms with Crippen molar-refractivity contribution in [1.29, 1.82) is 0 Å². The molecule has 0 amide bonds. The Hall–Kier alpha value is -3.06. The van der Waals surface area contributed by atoms with E-state index in [0.717, 1.165) is 36.2 Å². The zero-order valence-electron chi connectivity index (χ0n) is 15.6. The van der Waals surface area contributed by atoms with Gasteiger partial charge in [0.25, 0.3) is 5.69 Å². The van der Waals surface area contributed by atoms with Crippen molar-refractivity contribution in [3.05, 3.63) is 81.8 Å². The van der Waals surface area contributed by atoms with Gasteiger partial charge >= 0.3 is 0 Å². The number of non-ortho nitro benzene ring substituents is 1. The lowest BCUT2D eigenvalue weighted by molar-refractivity contribution is -0.384. The number of hydrogen-bond acceptors (Lipinski definition) is 4. The summed E-state index contributed by atoms with van der Waals surface area (Å²) in [5.74, 6) is -0.212. The van der Waals surface area contributed by atoms with Crippen molar-refractivity contribution in [2.24, 2.45) is 7.05 Å². The molecule has 1 fully saturated rings. The molecule has 28 heavy (non-hydrogen) atoms. The van der Waals surface area contributed by atoms with E-state index in [1.807, 2.05) is 25.4 Å². The maximum absolute atomic E-state index is 13.2. The van der Waals surface area contributed by atoms with E-state index in [1.165, 1.54) is 29.8 Å². The number of nitro groups is 1. The highest BCUT2D eigenvalue weighted by atomic mass is 19.1.